The summed E-state index contributed by atoms with van der Waals surface area (Å²) in [4.78, 5) is 20.6. The van der Waals surface area contributed by atoms with Crippen molar-refractivity contribution in [2.75, 3.05) is 19.0 Å². The van der Waals surface area contributed by atoms with E-state index in [9.17, 15) is 4.79 Å². The molecule has 134 valence electrons. The number of ether oxygens (including phenoxy) is 1. The minimum atomic E-state index is -0.614. The summed E-state index contributed by atoms with van der Waals surface area (Å²) in [6.45, 7) is 0.444. The van der Waals surface area contributed by atoms with Crippen molar-refractivity contribution in [3.05, 3.63) is 54.2 Å². The van der Waals surface area contributed by atoms with Gasteiger partial charge in [-0.1, -0.05) is 18.2 Å². The molecule has 3 rings (SSSR count). The summed E-state index contributed by atoms with van der Waals surface area (Å²) in [5.41, 5.74) is 9.81. The van der Waals surface area contributed by atoms with Crippen LogP contribution >= 0.6 is 11.3 Å². The van der Waals surface area contributed by atoms with Crippen LogP contribution in [0, 0.1) is 0 Å². The van der Waals surface area contributed by atoms with E-state index in [4.69, 9.17) is 10.5 Å². The number of aromatic nitrogens is 2. The Morgan fingerprint density at radius 2 is 2.00 bits per heavy atom. The first-order valence-electron chi connectivity index (χ1n) is 8.19. The first-order chi connectivity index (χ1) is 12.7. The number of carbonyl (C=O) groups is 1. The van der Waals surface area contributed by atoms with Crippen LogP contribution in [0.2, 0.25) is 0 Å². The highest BCUT2D eigenvalue weighted by Gasteiger charge is 2.15. The van der Waals surface area contributed by atoms with Crippen molar-refractivity contribution >= 4 is 22.4 Å². The number of methoxy groups -OCH3 is 1. The molecule has 0 bridgehead atoms. The Morgan fingerprint density at radius 1 is 1.23 bits per heavy atom. The Hall–Kier alpha value is -2.61. The van der Waals surface area contributed by atoms with Gasteiger partial charge in [-0.05, 0) is 35.7 Å². The molecule has 0 aliphatic rings. The zero-order valence-corrected chi connectivity index (χ0v) is 15.2. The van der Waals surface area contributed by atoms with Gasteiger partial charge >= 0.3 is 0 Å². The van der Waals surface area contributed by atoms with E-state index in [2.05, 4.69) is 21.4 Å². The molecule has 1 atom stereocenters. The Morgan fingerprint density at radius 3 is 2.77 bits per heavy atom. The molecule has 6 nitrogen and oxygen atoms in total. The van der Waals surface area contributed by atoms with Crippen LogP contribution in [-0.2, 0) is 9.53 Å². The number of nitrogens with zero attached hydrogens (tertiary/aromatic N) is 2. The molecule has 3 N–H and O–H groups in total. The quantitative estimate of drug-likeness (QED) is 0.668. The lowest BCUT2D eigenvalue weighted by Gasteiger charge is -2.09. The third kappa shape index (κ3) is 4.51. The Kier molecular flexibility index (Phi) is 6.06. The van der Waals surface area contributed by atoms with Gasteiger partial charge in [-0.2, -0.15) is 0 Å². The summed E-state index contributed by atoms with van der Waals surface area (Å²) >= 11 is 1.38. The zero-order valence-electron chi connectivity index (χ0n) is 14.4. The van der Waals surface area contributed by atoms with Crippen molar-refractivity contribution in [2.24, 2.45) is 5.73 Å². The number of nitrogens with one attached hydrogen (secondary N) is 1. The Bertz CT molecular complexity index is 867. The zero-order chi connectivity index (χ0) is 18.4. The van der Waals surface area contributed by atoms with Crippen LogP contribution in [-0.4, -0.2) is 35.6 Å². The fraction of sp³-hybridized carbons (Fsp3) is 0.211. The van der Waals surface area contributed by atoms with Crippen molar-refractivity contribution in [1.82, 2.24) is 9.97 Å². The van der Waals surface area contributed by atoms with Crippen LogP contribution in [0.4, 0.5) is 5.13 Å². The van der Waals surface area contributed by atoms with Crippen LogP contribution in [0.1, 0.15) is 6.42 Å². The summed E-state index contributed by atoms with van der Waals surface area (Å²) in [6.07, 6.45) is 4.01. The third-order valence-corrected chi connectivity index (χ3v) is 4.63. The maximum absolute atomic E-state index is 12.1. The predicted molar refractivity (Wildman–Crippen MR) is 104 cm³/mol. The summed E-state index contributed by atoms with van der Waals surface area (Å²) in [5.74, 6) is -0.256. The lowest BCUT2D eigenvalue weighted by atomic mass is 10.0. The van der Waals surface area contributed by atoms with Gasteiger partial charge in [0.15, 0.2) is 5.13 Å². The molecule has 0 aliphatic carbocycles. The van der Waals surface area contributed by atoms with Gasteiger partial charge in [0.1, 0.15) is 0 Å². The van der Waals surface area contributed by atoms with E-state index in [1.807, 2.05) is 35.7 Å². The lowest BCUT2D eigenvalue weighted by molar-refractivity contribution is -0.117. The van der Waals surface area contributed by atoms with Crippen LogP contribution in [0.5, 0.6) is 0 Å². The number of hydrogen-bond donors (Lipinski definition) is 2. The molecular weight excluding hydrogens is 348 g/mol. The van der Waals surface area contributed by atoms with Crippen LogP contribution < -0.4 is 11.1 Å². The molecule has 1 unspecified atom stereocenters. The maximum atomic E-state index is 12.1. The van der Waals surface area contributed by atoms with Crippen molar-refractivity contribution in [3.63, 3.8) is 0 Å². The van der Waals surface area contributed by atoms with Gasteiger partial charge in [0, 0.05) is 37.1 Å². The van der Waals surface area contributed by atoms with E-state index in [0.717, 1.165) is 22.4 Å². The fourth-order valence-electron chi connectivity index (χ4n) is 2.44. The summed E-state index contributed by atoms with van der Waals surface area (Å²) in [5, 5.41) is 5.22. The molecular formula is C19H20N4O2S. The number of thiazole rings is 1. The van der Waals surface area contributed by atoms with E-state index in [0.29, 0.717) is 18.2 Å². The van der Waals surface area contributed by atoms with Crippen LogP contribution in [0.25, 0.3) is 22.4 Å². The molecule has 0 aliphatic heterocycles. The minimum Gasteiger partial charge on any atom is -0.385 e. The maximum Gasteiger partial charge on any atom is 0.243 e. The number of carbonyl (C=O) groups excluding carboxylic acids is 1. The fourth-order valence-corrected chi connectivity index (χ4v) is 3.16. The minimum absolute atomic E-state index is 0.256. The molecule has 2 heterocycles. The average molecular weight is 368 g/mol. The number of amides is 1. The normalized spacial score (nSPS) is 11.9. The van der Waals surface area contributed by atoms with E-state index in [1.165, 1.54) is 11.3 Å². The highest BCUT2D eigenvalue weighted by Crippen LogP contribution is 2.28. The van der Waals surface area contributed by atoms with Gasteiger partial charge in [0.25, 0.3) is 0 Å². The first-order valence-corrected chi connectivity index (χ1v) is 9.07. The summed E-state index contributed by atoms with van der Waals surface area (Å²) in [6, 6.07) is 11.4. The Balaban J connectivity index is 1.73. The molecule has 0 spiro atoms. The number of nitrogens with two attached hydrogens (primary N) is 1. The topological polar surface area (TPSA) is 90.1 Å². The van der Waals surface area contributed by atoms with Crippen molar-refractivity contribution in [1.29, 1.82) is 0 Å². The average Bonchev–Trinajstić information content (AvgIpc) is 3.15. The van der Waals surface area contributed by atoms with Crippen LogP contribution in [0.15, 0.2) is 54.2 Å². The van der Waals surface area contributed by atoms with Crippen molar-refractivity contribution in [3.8, 4) is 22.4 Å². The van der Waals surface area contributed by atoms with Gasteiger partial charge in [0.05, 0.1) is 11.7 Å². The number of benzene rings is 1. The largest absolute Gasteiger partial charge is 0.385 e. The van der Waals surface area contributed by atoms with Crippen molar-refractivity contribution < 1.29 is 9.53 Å². The Labute approximate surface area is 156 Å². The summed E-state index contributed by atoms with van der Waals surface area (Å²) < 4.78 is 4.95. The number of rotatable bonds is 7. The lowest BCUT2D eigenvalue weighted by Crippen LogP contribution is -2.36. The molecule has 7 heteroatoms. The number of hydrogen-bond acceptors (Lipinski definition) is 6. The molecule has 0 saturated heterocycles. The first kappa shape index (κ1) is 18.2. The highest BCUT2D eigenvalue weighted by molar-refractivity contribution is 7.14. The van der Waals surface area contributed by atoms with Crippen molar-refractivity contribution in [2.45, 2.75) is 12.5 Å². The second-order valence-electron chi connectivity index (χ2n) is 5.73. The van der Waals surface area contributed by atoms with E-state index < -0.39 is 6.04 Å². The van der Waals surface area contributed by atoms with Gasteiger partial charge in [-0.15, -0.1) is 11.3 Å². The summed E-state index contributed by atoms with van der Waals surface area (Å²) in [7, 11) is 1.58. The molecule has 2 aromatic heterocycles. The molecule has 0 radical (unpaired) electrons. The standard InChI is InChI=1S/C19H20N4O2S/c1-25-10-7-16(20)18(24)23-19-22-17(12-26-19)15-4-2-3-14(11-15)13-5-8-21-9-6-13/h2-6,8-9,11-12,16H,7,10,20H2,1H3,(H,22,23,24). The van der Waals surface area contributed by atoms with Crippen LogP contribution in [0.3, 0.4) is 0 Å². The SMILES string of the molecule is COCCC(N)C(=O)Nc1nc(-c2cccc(-c3ccncc3)c2)cs1. The second-order valence-corrected chi connectivity index (χ2v) is 6.59. The molecule has 0 saturated carbocycles. The van der Waals surface area contributed by atoms with Gasteiger partial charge < -0.3 is 15.8 Å². The highest BCUT2D eigenvalue weighted by atomic mass is 32.1. The number of anilines is 1. The molecule has 1 amide bonds. The molecule has 1 aromatic carbocycles. The number of pyridine rings is 1. The smallest absolute Gasteiger partial charge is 0.243 e. The molecule has 0 fully saturated rings. The molecule has 3 aromatic rings. The second kappa shape index (κ2) is 8.66. The van der Waals surface area contributed by atoms with Gasteiger partial charge in [-0.3, -0.25) is 9.78 Å². The van der Waals surface area contributed by atoms with E-state index in [-0.39, 0.29) is 5.91 Å². The molecule has 26 heavy (non-hydrogen) atoms. The third-order valence-electron chi connectivity index (χ3n) is 3.88. The predicted octanol–water partition coefficient (Wildman–Crippen LogP) is 3.17. The van der Waals surface area contributed by atoms with Gasteiger partial charge in [0.2, 0.25) is 5.91 Å². The van der Waals surface area contributed by atoms with Gasteiger partial charge in [-0.25, -0.2) is 4.98 Å². The van der Waals surface area contributed by atoms with E-state index >= 15 is 0 Å². The monoisotopic (exact) mass is 368 g/mol. The van der Waals surface area contributed by atoms with E-state index in [1.54, 1.807) is 19.5 Å².